The molecule has 0 saturated carbocycles. The Balaban J connectivity index is 1.63. The number of hydrogen-bond acceptors (Lipinski definition) is 3. The number of benzene rings is 2. The highest BCUT2D eigenvalue weighted by Crippen LogP contribution is 2.40. The molecule has 140 valence electrons. The average molecular weight is 366 g/mol. The number of imidazole rings is 1. The molecule has 27 heavy (non-hydrogen) atoms. The molecule has 1 fully saturated rings. The maximum Gasteiger partial charge on any atom is 0.221 e. The summed E-state index contributed by atoms with van der Waals surface area (Å²) in [6, 6.07) is 13.3. The van der Waals surface area contributed by atoms with Crippen LogP contribution >= 0.6 is 0 Å². The lowest BCUT2D eigenvalue weighted by atomic mass is 9.84. The quantitative estimate of drug-likeness (QED) is 0.730. The van der Waals surface area contributed by atoms with Gasteiger partial charge in [0, 0.05) is 6.92 Å². The van der Waals surface area contributed by atoms with Crippen molar-refractivity contribution >= 4 is 22.6 Å². The van der Waals surface area contributed by atoms with Crippen LogP contribution in [0.4, 0.5) is 10.1 Å². The minimum absolute atomic E-state index is 0.0770. The van der Waals surface area contributed by atoms with Gasteiger partial charge in [0.1, 0.15) is 11.6 Å². The van der Waals surface area contributed by atoms with E-state index in [1.54, 1.807) is 12.1 Å². The summed E-state index contributed by atoms with van der Waals surface area (Å²) in [6.45, 7) is 2.25. The van der Waals surface area contributed by atoms with Crippen molar-refractivity contribution in [2.75, 3.05) is 18.9 Å². The third-order valence-corrected chi connectivity index (χ3v) is 5.37. The summed E-state index contributed by atoms with van der Waals surface area (Å²) in [6.07, 6.45) is 1.64. The van der Waals surface area contributed by atoms with Crippen LogP contribution in [0, 0.1) is 5.82 Å². The number of fused-ring (bicyclic) bond motifs is 1. The largest absolute Gasteiger partial charge is 0.341 e. The summed E-state index contributed by atoms with van der Waals surface area (Å²) in [5.74, 6) is 0.398. The maximum atomic E-state index is 15.0. The maximum absolute atomic E-state index is 15.0. The Morgan fingerprint density at radius 2 is 2.07 bits per heavy atom. The molecule has 6 heteroatoms. The van der Waals surface area contributed by atoms with Gasteiger partial charge in [0.25, 0.3) is 0 Å². The van der Waals surface area contributed by atoms with Crippen molar-refractivity contribution in [2.45, 2.75) is 31.7 Å². The molecule has 0 bridgehead atoms. The molecule has 2 aromatic carbocycles. The number of nitrogens with one attached hydrogen (secondary N) is 2. The van der Waals surface area contributed by atoms with E-state index >= 15 is 0 Å². The van der Waals surface area contributed by atoms with Crippen molar-refractivity contribution in [1.82, 2.24) is 14.9 Å². The topological polar surface area (TPSA) is 61.0 Å². The zero-order chi connectivity index (χ0) is 19.0. The molecule has 1 amide bonds. The van der Waals surface area contributed by atoms with Gasteiger partial charge in [0.15, 0.2) is 0 Å². The number of likely N-dealkylation sites (tertiary alicyclic amines) is 1. The predicted molar refractivity (Wildman–Crippen MR) is 104 cm³/mol. The Bertz CT molecular complexity index is 950. The monoisotopic (exact) mass is 366 g/mol. The Morgan fingerprint density at radius 3 is 2.85 bits per heavy atom. The van der Waals surface area contributed by atoms with E-state index in [0.29, 0.717) is 5.56 Å². The summed E-state index contributed by atoms with van der Waals surface area (Å²) >= 11 is 0. The first kappa shape index (κ1) is 17.7. The van der Waals surface area contributed by atoms with E-state index in [4.69, 9.17) is 4.98 Å². The van der Waals surface area contributed by atoms with E-state index in [2.05, 4.69) is 22.2 Å². The average Bonchev–Trinajstić information content (AvgIpc) is 3.07. The number of carbonyl (C=O) groups excluding carboxylic acids is 1. The number of carbonyl (C=O) groups is 1. The van der Waals surface area contributed by atoms with Crippen LogP contribution in [-0.4, -0.2) is 34.4 Å². The lowest BCUT2D eigenvalue weighted by molar-refractivity contribution is -0.114. The molecule has 1 aliphatic rings. The molecular weight excluding hydrogens is 343 g/mol. The zero-order valence-electron chi connectivity index (χ0n) is 15.5. The molecule has 4 rings (SSSR count). The van der Waals surface area contributed by atoms with E-state index in [1.165, 1.54) is 6.92 Å². The molecule has 2 atom stereocenters. The van der Waals surface area contributed by atoms with Crippen molar-refractivity contribution in [3.63, 3.8) is 0 Å². The second kappa shape index (κ2) is 7.12. The summed E-state index contributed by atoms with van der Waals surface area (Å²) in [5.41, 5.74) is 2.87. The van der Waals surface area contributed by atoms with Crippen molar-refractivity contribution in [2.24, 2.45) is 0 Å². The lowest BCUT2D eigenvalue weighted by Crippen LogP contribution is -2.34. The number of amides is 1. The van der Waals surface area contributed by atoms with Crippen LogP contribution in [0.5, 0.6) is 0 Å². The molecule has 1 aromatic heterocycles. The van der Waals surface area contributed by atoms with E-state index in [0.717, 1.165) is 36.2 Å². The van der Waals surface area contributed by atoms with Gasteiger partial charge in [-0.05, 0) is 56.1 Å². The van der Waals surface area contributed by atoms with Crippen LogP contribution in [0.1, 0.15) is 43.1 Å². The Labute approximate surface area is 157 Å². The van der Waals surface area contributed by atoms with Crippen molar-refractivity contribution in [3.05, 3.63) is 59.7 Å². The zero-order valence-corrected chi connectivity index (χ0v) is 15.5. The summed E-state index contributed by atoms with van der Waals surface area (Å²) < 4.78 is 15.0. The van der Waals surface area contributed by atoms with Gasteiger partial charge in [0.2, 0.25) is 5.91 Å². The standard InChI is InChI=1S/C21H23FN4O/c1-13(27)23-18-9-5-6-15(20(18)22)14-10-11-26(2)19(12-14)21-24-16-7-3-4-8-17(16)25-21/h3-9,14,19H,10-12H2,1-2H3,(H,23,27)(H,24,25)/t14-,19-/m1/s1. The summed E-state index contributed by atoms with van der Waals surface area (Å²) in [7, 11) is 2.08. The van der Waals surface area contributed by atoms with Gasteiger partial charge in [-0.3, -0.25) is 9.69 Å². The van der Waals surface area contributed by atoms with Gasteiger partial charge < -0.3 is 10.3 Å². The molecule has 0 radical (unpaired) electrons. The molecule has 0 spiro atoms. The van der Waals surface area contributed by atoms with Crippen LogP contribution in [-0.2, 0) is 4.79 Å². The van der Waals surface area contributed by atoms with Crippen LogP contribution < -0.4 is 5.32 Å². The number of piperidine rings is 1. The van der Waals surface area contributed by atoms with Crippen molar-refractivity contribution in [1.29, 1.82) is 0 Å². The van der Waals surface area contributed by atoms with Gasteiger partial charge in [0.05, 0.1) is 22.8 Å². The number of halogens is 1. The molecule has 5 nitrogen and oxygen atoms in total. The molecule has 1 aliphatic heterocycles. The van der Waals surface area contributed by atoms with Gasteiger partial charge >= 0.3 is 0 Å². The fourth-order valence-electron chi connectivity index (χ4n) is 3.97. The number of hydrogen-bond donors (Lipinski definition) is 2. The number of aromatic nitrogens is 2. The van der Waals surface area contributed by atoms with Gasteiger partial charge in [-0.2, -0.15) is 0 Å². The van der Waals surface area contributed by atoms with Crippen molar-refractivity contribution in [3.8, 4) is 0 Å². The first-order valence-electron chi connectivity index (χ1n) is 9.24. The van der Waals surface area contributed by atoms with E-state index in [-0.39, 0.29) is 29.4 Å². The lowest BCUT2D eigenvalue weighted by Gasteiger charge is -2.36. The Hall–Kier alpha value is -2.73. The van der Waals surface area contributed by atoms with Gasteiger partial charge in [-0.15, -0.1) is 0 Å². The van der Waals surface area contributed by atoms with Gasteiger partial charge in [-0.1, -0.05) is 24.3 Å². The molecule has 0 unspecified atom stereocenters. The Kier molecular flexibility index (Phi) is 4.66. The van der Waals surface area contributed by atoms with E-state index in [9.17, 15) is 9.18 Å². The number of anilines is 1. The highest BCUT2D eigenvalue weighted by Gasteiger charge is 2.32. The Morgan fingerprint density at radius 1 is 1.26 bits per heavy atom. The van der Waals surface area contributed by atoms with E-state index in [1.807, 2.05) is 30.3 Å². The third-order valence-electron chi connectivity index (χ3n) is 5.37. The summed E-state index contributed by atoms with van der Waals surface area (Å²) in [5, 5.41) is 2.58. The normalized spacial score (nSPS) is 20.7. The smallest absolute Gasteiger partial charge is 0.221 e. The molecule has 1 saturated heterocycles. The van der Waals surface area contributed by atoms with E-state index < -0.39 is 0 Å². The highest BCUT2D eigenvalue weighted by atomic mass is 19.1. The molecule has 2 heterocycles. The first-order chi connectivity index (χ1) is 13.0. The fourth-order valence-corrected chi connectivity index (χ4v) is 3.97. The fraction of sp³-hybridized carbons (Fsp3) is 0.333. The van der Waals surface area contributed by atoms with Crippen LogP contribution in [0.25, 0.3) is 11.0 Å². The minimum atomic E-state index is -0.328. The van der Waals surface area contributed by atoms with Crippen molar-refractivity contribution < 1.29 is 9.18 Å². The van der Waals surface area contributed by atoms with Crippen LogP contribution in [0.15, 0.2) is 42.5 Å². The highest BCUT2D eigenvalue weighted by molar-refractivity contribution is 5.88. The second-order valence-corrected chi connectivity index (χ2v) is 7.25. The molecule has 2 N–H and O–H groups in total. The molecule has 3 aromatic rings. The van der Waals surface area contributed by atoms with Gasteiger partial charge in [-0.25, -0.2) is 9.37 Å². The first-order valence-corrected chi connectivity index (χ1v) is 9.24. The second-order valence-electron chi connectivity index (χ2n) is 7.25. The predicted octanol–water partition coefficient (Wildman–Crippen LogP) is 4.21. The molecular formula is C21H23FN4O. The van der Waals surface area contributed by atoms with Crippen LogP contribution in [0.2, 0.25) is 0 Å². The number of para-hydroxylation sites is 2. The number of rotatable bonds is 3. The number of H-pyrrole nitrogens is 1. The third kappa shape index (κ3) is 3.45. The minimum Gasteiger partial charge on any atom is -0.341 e. The summed E-state index contributed by atoms with van der Waals surface area (Å²) in [4.78, 5) is 21.8. The SMILES string of the molecule is CC(=O)Nc1cccc([C@@H]2CCN(C)[C@@H](c3nc4ccccc4[nH]3)C2)c1F. The molecule has 0 aliphatic carbocycles. The van der Waals surface area contributed by atoms with Crippen LogP contribution in [0.3, 0.4) is 0 Å². The number of nitrogens with zero attached hydrogens (tertiary/aromatic N) is 2. The number of aromatic amines is 1.